The van der Waals surface area contributed by atoms with Crippen molar-refractivity contribution in [1.29, 1.82) is 0 Å². The number of hydrogen-bond acceptors (Lipinski definition) is 3. The molecule has 0 aromatic carbocycles. The van der Waals surface area contributed by atoms with Gasteiger partial charge in [-0.25, -0.2) is 4.39 Å². The molecule has 0 saturated carbocycles. The van der Waals surface area contributed by atoms with E-state index >= 15 is 0 Å². The predicted molar refractivity (Wildman–Crippen MR) is 18.8 cm³/mol. The third kappa shape index (κ3) is 6.24. The summed E-state index contributed by atoms with van der Waals surface area (Å²) < 4.78 is 14.7. The quantitative estimate of drug-likeness (QED) is 0.452. The largest absolute Gasteiger partial charge is 0.820 e. The molecule has 44 valence electrons. The molecule has 0 aromatic heterocycles. The Kier molecular flexibility index (Phi) is 4.55. The summed E-state index contributed by atoms with van der Waals surface area (Å²) >= 11 is 0. The van der Waals surface area contributed by atoms with Crippen LogP contribution in [0, 0.1) is 0 Å². The molecule has 0 heterocycles. The summed E-state index contributed by atoms with van der Waals surface area (Å²) in [5.41, 5.74) is 0. The van der Waals surface area contributed by atoms with E-state index in [0.29, 0.717) is 0 Å². The van der Waals surface area contributed by atoms with Gasteiger partial charge in [0.1, 0.15) is 6.67 Å². The minimum absolute atomic E-state index is 0.362. The summed E-state index contributed by atoms with van der Waals surface area (Å²) in [5, 5.41) is 0. The lowest BCUT2D eigenvalue weighted by Gasteiger charge is -2.28. The van der Waals surface area contributed by atoms with Gasteiger partial charge in [-0.2, -0.15) is 8.60 Å². The number of hydrogen-bond donors (Lipinski definition) is 0. The smallest absolute Gasteiger partial charge is 0.113 e. The molecule has 5 heteroatoms. The van der Waals surface area contributed by atoms with E-state index in [2.05, 4.69) is 4.52 Å². The lowest BCUT2D eigenvalue weighted by atomic mass is 10.9. The monoisotopic (exact) mass is 126 g/mol. The molecule has 0 rings (SSSR count). The Morgan fingerprint density at radius 2 is 2.14 bits per heavy atom. The molecule has 0 aliphatic rings. The van der Waals surface area contributed by atoms with E-state index in [1.165, 1.54) is 0 Å². The summed E-state index contributed by atoms with van der Waals surface area (Å²) in [6, 6.07) is 0. The van der Waals surface area contributed by atoms with Gasteiger partial charge in [-0.3, -0.25) is 0 Å². The zero-order valence-corrected chi connectivity index (χ0v) is 4.36. The van der Waals surface area contributed by atoms with E-state index in [0.717, 1.165) is 0 Å². The van der Waals surface area contributed by atoms with Gasteiger partial charge in [0, 0.05) is 0 Å². The summed E-state index contributed by atoms with van der Waals surface area (Å²) in [6.07, 6.45) is 0. The highest BCUT2D eigenvalue weighted by Gasteiger charge is 1.75. The highest BCUT2D eigenvalue weighted by molar-refractivity contribution is 7.36. The van der Waals surface area contributed by atoms with E-state index < -0.39 is 15.3 Å². The molecule has 0 amide bonds. The average Bonchev–Trinajstić information content (AvgIpc) is 1.61. The van der Waals surface area contributed by atoms with Crippen LogP contribution < -0.4 is 9.79 Å². The minimum Gasteiger partial charge on any atom is -0.820 e. The molecule has 0 atom stereocenters. The molecule has 0 spiro atoms. The maximum absolute atomic E-state index is 11.0. The van der Waals surface area contributed by atoms with Crippen molar-refractivity contribution >= 4 is 8.60 Å². The minimum atomic E-state index is -2.85. The maximum Gasteiger partial charge on any atom is 0.113 e. The first-order chi connectivity index (χ1) is 3.27. The molecule has 0 aromatic rings. The molecular weight excluding hydrogens is 122 g/mol. The summed E-state index contributed by atoms with van der Waals surface area (Å²) in [4.78, 5) is 18.8. The Labute approximate surface area is 41.7 Å². The molecular formula is C2H4FO3P-2. The fourth-order valence-corrected chi connectivity index (χ4v) is 0.327. The van der Waals surface area contributed by atoms with Crippen LogP contribution in [0.5, 0.6) is 0 Å². The van der Waals surface area contributed by atoms with Crippen molar-refractivity contribution in [1.82, 2.24) is 0 Å². The second kappa shape index (κ2) is 4.40. The molecule has 0 saturated heterocycles. The highest BCUT2D eigenvalue weighted by Crippen LogP contribution is 2.10. The van der Waals surface area contributed by atoms with Gasteiger partial charge in [0.05, 0.1) is 6.61 Å². The molecule has 0 radical (unpaired) electrons. The van der Waals surface area contributed by atoms with E-state index in [1.54, 1.807) is 0 Å². The molecule has 7 heavy (non-hydrogen) atoms. The topological polar surface area (TPSA) is 55.3 Å². The van der Waals surface area contributed by atoms with Gasteiger partial charge in [0.2, 0.25) is 0 Å². The molecule has 0 N–H and O–H groups in total. The first-order valence-electron chi connectivity index (χ1n) is 1.60. The van der Waals surface area contributed by atoms with Gasteiger partial charge in [-0.1, -0.05) is 0 Å². The fraction of sp³-hybridized carbons (Fsp3) is 1.00. The van der Waals surface area contributed by atoms with Gasteiger partial charge in [-0.15, -0.1) is 0 Å². The fourth-order valence-electron chi connectivity index (χ4n) is 0.109. The van der Waals surface area contributed by atoms with E-state index in [-0.39, 0.29) is 6.61 Å². The molecule has 0 aliphatic heterocycles. The van der Waals surface area contributed by atoms with Crippen LogP contribution in [0.2, 0.25) is 0 Å². The Morgan fingerprint density at radius 1 is 1.57 bits per heavy atom. The van der Waals surface area contributed by atoms with Crippen LogP contribution in [0.3, 0.4) is 0 Å². The van der Waals surface area contributed by atoms with Crippen molar-refractivity contribution in [3.05, 3.63) is 0 Å². The summed E-state index contributed by atoms with van der Waals surface area (Å²) in [7, 11) is -2.85. The van der Waals surface area contributed by atoms with Crippen LogP contribution in [-0.2, 0) is 4.52 Å². The first-order valence-corrected chi connectivity index (χ1v) is 2.70. The van der Waals surface area contributed by atoms with Crippen molar-refractivity contribution in [3.8, 4) is 0 Å². The van der Waals surface area contributed by atoms with Crippen molar-refractivity contribution in [2.45, 2.75) is 0 Å². The van der Waals surface area contributed by atoms with Crippen molar-refractivity contribution in [2.75, 3.05) is 13.3 Å². The Hall–Kier alpha value is 0.240. The second-order valence-electron chi connectivity index (χ2n) is 0.746. The summed E-state index contributed by atoms with van der Waals surface area (Å²) in [5.74, 6) is 0. The normalized spacial score (nSPS) is 10.3. The van der Waals surface area contributed by atoms with Gasteiger partial charge in [0.15, 0.2) is 0 Å². The van der Waals surface area contributed by atoms with Crippen LogP contribution in [0.15, 0.2) is 0 Å². The molecule has 0 bridgehead atoms. The maximum atomic E-state index is 11.0. The lowest BCUT2D eigenvalue weighted by Crippen LogP contribution is -2.11. The average molecular weight is 126 g/mol. The predicted octanol–water partition coefficient (Wildman–Crippen LogP) is -1.08. The van der Waals surface area contributed by atoms with Gasteiger partial charge < -0.3 is 14.3 Å². The van der Waals surface area contributed by atoms with Crippen molar-refractivity contribution in [3.63, 3.8) is 0 Å². The molecule has 0 fully saturated rings. The van der Waals surface area contributed by atoms with Crippen molar-refractivity contribution in [2.24, 2.45) is 0 Å². The van der Waals surface area contributed by atoms with Crippen LogP contribution in [0.25, 0.3) is 0 Å². The van der Waals surface area contributed by atoms with Crippen LogP contribution in [-0.4, -0.2) is 13.3 Å². The van der Waals surface area contributed by atoms with Gasteiger partial charge in [0.25, 0.3) is 0 Å². The second-order valence-corrected chi connectivity index (χ2v) is 1.45. The SMILES string of the molecule is [O-]P([O-])OCCF. The highest BCUT2D eigenvalue weighted by atomic mass is 31.2. The molecule has 0 unspecified atom stereocenters. The van der Waals surface area contributed by atoms with E-state index in [1.807, 2.05) is 0 Å². The Morgan fingerprint density at radius 3 is 2.29 bits per heavy atom. The third-order valence-corrected chi connectivity index (χ3v) is 0.667. The van der Waals surface area contributed by atoms with E-state index in [9.17, 15) is 14.2 Å². The number of rotatable bonds is 3. The Bertz CT molecular complexity index is 41.9. The zero-order valence-electron chi connectivity index (χ0n) is 3.46. The van der Waals surface area contributed by atoms with Gasteiger partial charge in [-0.05, 0) is 0 Å². The number of alkyl halides is 1. The first kappa shape index (κ1) is 7.24. The lowest BCUT2D eigenvalue weighted by molar-refractivity contribution is -0.318. The number of halogens is 1. The van der Waals surface area contributed by atoms with Crippen LogP contribution in [0.1, 0.15) is 0 Å². The summed E-state index contributed by atoms with van der Waals surface area (Å²) in [6.45, 7) is -1.12. The van der Waals surface area contributed by atoms with Crippen molar-refractivity contribution < 1.29 is 18.7 Å². The Balaban J connectivity index is 2.68. The van der Waals surface area contributed by atoms with Gasteiger partial charge >= 0.3 is 0 Å². The standard InChI is InChI=1S/C2H4FO3P/c3-1-2-6-7(4)5/h1-2H2/q-2. The van der Waals surface area contributed by atoms with Crippen LogP contribution >= 0.6 is 8.60 Å². The molecule has 0 aliphatic carbocycles. The molecule has 3 nitrogen and oxygen atoms in total. The third-order valence-electron chi connectivity index (χ3n) is 0.274. The van der Waals surface area contributed by atoms with E-state index in [4.69, 9.17) is 0 Å². The van der Waals surface area contributed by atoms with Crippen LogP contribution in [0.4, 0.5) is 4.39 Å². The zero-order chi connectivity index (χ0) is 5.70.